The Hall–Kier alpha value is -2.91. The normalized spacial score (nSPS) is 16.9. The van der Waals surface area contributed by atoms with E-state index >= 15 is 0 Å². The van der Waals surface area contributed by atoms with Crippen LogP contribution < -0.4 is 15.4 Å². The number of hydrogen-bond donors (Lipinski definition) is 2. The number of nitrogens with zero attached hydrogens (tertiary/aromatic N) is 1. The molecule has 0 spiro atoms. The molecule has 0 saturated carbocycles. The maximum atomic E-state index is 13.4. The molecular formula is C23H29N3O5S. The Balaban J connectivity index is 1.96. The predicted molar refractivity (Wildman–Crippen MR) is 124 cm³/mol. The number of rotatable bonds is 6. The molecule has 0 bridgehead atoms. The SMILES string of the molecule is COc1ccc(C(=O)Nc2cc(C)ccc2NC(C)=O)cc1S(=O)(=O)N1CCCCC1C. The molecular weight excluding hydrogens is 430 g/mol. The van der Waals surface area contributed by atoms with Crippen LogP contribution >= 0.6 is 0 Å². The highest BCUT2D eigenvalue weighted by Crippen LogP contribution is 2.32. The number of ether oxygens (including phenoxy) is 1. The minimum absolute atomic E-state index is 0.0345. The Morgan fingerprint density at radius 1 is 1.06 bits per heavy atom. The minimum atomic E-state index is -3.84. The molecule has 3 rings (SSSR count). The molecule has 1 unspecified atom stereocenters. The number of amides is 2. The number of carbonyl (C=O) groups is 2. The van der Waals surface area contributed by atoms with Crippen molar-refractivity contribution in [3.8, 4) is 5.75 Å². The van der Waals surface area contributed by atoms with Crippen LogP contribution in [0.15, 0.2) is 41.3 Å². The van der Waals surface area contributed by atoms with Crippen LogP contribution in [0.4, 0.5) is 11.4 Å². The van der Waals surface area contributed by atoms with Gasteiger partial charge in [-0.2, -0.15) is 4.31 Å². The van der Waals surface area contributed by atoms with E-state index in [1.54, 1.807) is 12.1 Å². The predicted octanol–water partition coefficient (Wildman–Crippen LogP) is 3.78. The van der Waals surface area contributed by atoms with Gasteiger partial charge in [0.2, 0.25) is 15.9 Å². The number of sulfonamides is 1. The van der Waals surface area contributed by atoms with Crippen molar-refractivity contribution in [2.75, 3.05) is 24.3 Å². The zero-order chi connectivity index (χ0) is 23.5. The largest absolute Gasteiger partial charge is 0.495 e. The quantitative estimate of drug-likeness (QED) is 0.684. The van der Waals surface area contributed by atoms with Crippen LogP contribution in [0.3, 0.4) is 0 Å². The van der Waals surface area contributed by atoms with Crippen molar-refractivity contribution in [1.82, 2.24) is 4.31 Å². The van der Waals surface area contributed by atoms with E-state index in [-0.39, 0.29) is 28.2 Å². The Morgan fingerprint density at radius 2 is 1.81 bits per heavy atom. The highest BCUT2D eigenvalue weighted by molar-refractivity contribution is 7.89. The van der Waals surface area contributed by atoms with Gasteiger partial charge >= 0.3 is 0 Å². The van der Waals surface area contributed by atoms with Crippen molar-refractivity contribution in [2.45, 2.75) is 51.0 Å². The van der Waals surface area contributed by atoms with Crippen LogP contribution in [-0.2, 0) is 14.8 Å². The lowest BCUT2D eigenvalue weighted by atomic mass is 10.1. The first-order chi connectivity index (χ1) is 15.1. The highest BCUT2D eigenvalue weighted by Gasteiger charge is 2.33. The summed E-state index contributed by atoms with van der Waals surface area (Å²) in [5.74, 6) is -0.570. The molecule has 0 aliphatic carbocycles. The van der Waals surface area contributed by atoms with Gasteiger partial charge in [-0.3, -0.25) is 9.59 Å². The zero-order valence-electron chi connectivity index (χ0n) is 18.8. The third kappa shape index (κ3) is 5.11. The Labute approximate surface area is 189 Å². The summed E-state index contributed by atoms with van der Waals surface area (Å²) >= 11 is 0. The number of benzene rings is 2. The van der Waals surface area contributed by atoms with E-state index < -0.39 is 15.9 Å². The lowest BCUT2D eigenvalue weighted by Gasteiger charge is -2.32. The molecule has 8 nitrogen and oxygen atoms in total. The third-order valence-corrected chi connectivity index (χ3v) is 7.52. The number of piperidine rings is 1. The lowest BCUT2D eigenvalue weighted by Crippen LogP contribution is -2.42. The van der Waals surface area contributed by atoms with E-state index in [1.807, 2.05) is 19.9 Å². The van der Waals surface area contributed by atoms with Crippen LogP contribution in [0.5, 0.6) is 5.75 Å². The molecule has 1 heterocycles. The number of carbonyl (C=O) groups excluding carboxylic acids is 2. The zero-order valence-corrected chi connectivity index (χ0v) is 19.6. The summed E-state index contributed by atoms with van der Waals surface area (Å²) in [6, 6.07) is 9.48. The number of anilines is 2. The highest BCUT2D eigenvalue weighted by atomic mass is 32.2. The van der Waals surface area contributed by atoms with Gasteiger partial charge in [-0.05, 0) is 62.6 Å². The van der Waals surface area contributed by atoms with Gasteiger partial charge in [-0.1, -0.05) is 12.5 Å². The molecule has 9 heteroatoms. The van der Waals surface area contributed by atoms with Gasteiger partial charge in [0.1, 0.15) is 10.6 Å². The fourth-order valence-electron chi connectivity index (χ4n) is 3.83. The molecule has 1 aliphatic heterocycles. The summed E-state index contributed by atoms with van der Waals surface area (Å²) in [5.41, 5.74) is 1.95. The number of hydrogen-bond acceptors (Lipinski definition) is 5. The van der Waals surface area contributed by atoms with Crippen molar-refractivity contribution in [1.29, 1.82) is 0 Å². The second kappa shape index (κ2) is 9.70. The van der Waals surface area contributed by atoms with Crippen molar-refractivity contribution in [2.24, 2.45) is 0 Å². The third-order valence-electron chi connectivity index (χ3n) is 5.49. The average Bonchev–Trinajstić information content (AvgIpc) is 2.75. The summed E-state index contributed by atoms with van der Waals surface area (Å²) in [5, 5.41) is 5.46. The second-order valence-corrected chi connectivity index (χ2v) is 9.87. The van der Waals surface area contributed by atoms with Crippen LogP contribution in [0, 0.1) is 6.92 Å². The van der Waals surface area contributed by atoms with Crippen molar-refractivity contribution in [3.63, 3.8) is 0 Å². The van der Waals surface area contributed by atoms with E-state index in [2.05, 4.69) is 10.6 Å². The van der Waals surface area contributed by atoms with E-state index in [4.69, 9.17) is 4.74 Å². The van der Waals surface area contributed by atoms with E-state index in [0.29, 0.717) is 17.9 Å². The average molecular weight is 460 g/mol. The number of aryl methyl sites for hydroxylation is 1. The van der Waals surface area contributed by atoms with E-state index in [9.17, 15) is 18.0 Å². The molecule has 1 aliphatic rings. The molecule has 0 radical (unpaired) electrons. The fraction of sp³-hybridized carbons (Fsp3) is 0.391. The maximum absolute atomic E-state index is 13.4. The monoisotopic (exact) mass is 459 g/mol. The van der Waals surface area contributed by atoms with Crippen LogP contribution in [0.25, 0.3) is 0 Å². The Bertz CT molecular complexity index is 1130. The summed E-state index contributed by atoms with van der Waals surface area (Å²) in [4.78, 5) is 24.5. The van der Waals surface area contributed by atoms with Gasteiger partial charge in [0.25, 0.3) is 5.91 Å². The molecule has 172 valence electrons. The van der Waals surface area contributed by atoms with Gasteiger partial charge in [0, 0.05) is 25.1 Å². The topological polar surface area (TPSA) is 105 Å². The lowest BCUT2D eigenvalue weighted by molar-refractivity contribution is -0.114. The molecule has 2 N–H and O–H groups in total. The van der Waals surface area contributed by atoms with Crippen LogP contribution in [-0.4, -0.2) is 44.2 Å². The summed E-state index contributed by atoms with van der Waals surface area (Å²) in [7, 11) is -2.44. The molecule has 2 amide bonds. The summed E-state index contributed by atoms with van der Waals surface area (Å²) < 4.78 is 33.6. The molecule has 1 atom stereocenters. The first-order valence-corrected chi connectivity index (χ1v) is 12.0. The standard InChI is InChI=1S/C23H29N3O5S/c1-15-8-10-19(24-17(3)27)20(13-15)25-23(28)18-9-11-21(31-4)22(14-18)32(29,30)26-12-6-5-7-16(26)2/h8-11,13-14,16H,5-7,12H2,1-4H3,(H,24,27)(H,25,28). The van der Waals surface area contributed by atoms with Crippen molar-refractivity contribution in [3.05, 3.63) is 47.5 Å². The van der Waals surface area contributed by atoms with E-state index in [0.717, 1.165) is 24.8 Å². The second-order valence-electron chi connectivity index (χ2n) is 8.01. The maximum Gasteiger partial charge on any atom is 0.255 e. The van der Waals surface area contributed by atoms with Crippen molar-refractivity contribution < 1.29 is 22.7 Å². The minimum Gasteiger partial charge on any atom is -0.495 e. The number of methoxy groups -OCH3 is 1. The van der Waals surface area contributed by atoms with Crippen LogP contribution in [0.1, 0.15) is 49.0 Å². The Morgan fingerprint density at radius 3 is 2.47 bits per heavy atom. The first kappa shape index (κ1) is 23.7. The van der Waals surface area contributed by atoms with Crippen LogP contribution in [0.2, 0.25) is 0 Å². The fourth-order valence-corrected chi connectivity index (χ4v) is 5.71. The smallest absolute Gasteiger partial charge is 0.255 e. The summed E-state index contributed by atoms with van der Waals surface area (Å²) in [6.45, 7) is 5.58. The number of nitrogens with one attached hydrogen (secondary N) is 2. The Kier molecular flexibility index (Phi) is 7.20. The van der Waals surface area contributed by atoms with Gasteiger partial charge < -0.3 is 15.4 Å². The van der Waals surface area contributed by atoms with Gasteiger partial charge in [0.15, 0.2) is 0 Å². The van der Waals surface area contributed by atoms with Gasteiger partial charge in [-0.15, -0.1) is 0 Å². The van der Waals surface area contributed by atoms with E-state index in [1.165, 1.54) is 36.5 Å². The van der Waals surface area contributed by atoms with Crippen molar-refractivity contribution >= 4 is 33.2 Å². The van der Waals surface area contributed by atoms with Gasteiger partial charge in [0.05, 0.1) is 18.5 Å². The molecule has 2 aromatic rings. The van der Waals surface area contributed by atoms with Gasteiger partial charge in [-0.25, -0.2) is 8.42 Å². The molecule has 2 aromatic carbocycles. The molecule has 1 fully saturated rings. The molecule has 0 aromatic heterocycles. The molecule has 32 heavy (non-hydrogen) atoms. The summed E-state index contributed by atoms with van der Waals surface area (Å²) in [6.07, 6.45) is 2.58. The first-order valence-electron chi connectivity index (χ1n) is 10.5. The molecule has 1 saturated heterocycles.